The van der Waals surface area contributed by atoms with Gasteiger partial charge in [-0.25, -0.2) is 4.39 Å². The van der Waals surface area contributed by atoms with E-state index < -0.39 is 0 Å². The lowest BCUT2D eigenvalue weighted by atomic mass is 10.2. The monoisotopic (exact) mass is 226 g/mol. The van der Waals surface area contributed by atoms with Crippen LogP contribution in [0.1, 0.15) is 6.42 Å². The van der Waals surface area contributed by atoms with Gasteiger partial charge in [0.25, 0.3) is 0 Å². The SMILES string of the molecule is CNC(=O)CCNc1cc(OC)ccc1F. The molecule has 0 aliphatic carbocycles. The summed E-state index contributed by atoms with van der Waals surface area (Å²) in [7, 11) is 3.08. The molecule has 1 amide bonds. The van der Waals surface area contributed by atoms with Gasteiger partial charge in [0.05, 0.1) is 12.8 Å². The molecule has 1 rings (SSSR count). The lowest BCUT2D eigenvalue weighted by molar-refractivity contribution is -0.120. The average molecular weight is 226 g/mol. The molecule has 0 saturated heterocycles. The molecule has 0 spiro atoms. The second kappa shape index (κ2) is 5.95. The normalized spacial score (nSPS) is 9.69. The number of benzene rings is 1. The lowest BCUT2D eigenvalue weighted by Crippen LogP contribution is -2.21. The Balaban J connectivity index is 2.55. The summed E-state index contributed by atoms with van der Waals surface area (Å²) in [6, 6.07) is 4.42. The van der Waals surface area contributed by atoms with E-state index >= 15 is 0 Å². The number of carbonyl (C=O) groups excluding carboxylic acids is 1. The van der Waals surface area contributed by atoms with Crippen molar-refractivity contribution in [3.63, 3.8) is 0 Å². The molecule has 1 aromatic carbocycles. The van der Waals surface area contributed by atoms with Crippen molar-refractivity contribution < 1.29 is 13.9 Å². The van der Waals surface area contributed by atoms with Crippen LogP contribution in [0.15, 0.2) is 18.2 Å². The summed E-state index contributed by atoms with van der Waals surface area (Å²) in [5.41, 5.74) is 0.336. The molecule has 0 aliphatic rings. The Morgan fingerprint density at radius 2 is 2.25 bits per heavy atom. The maximum Gasteiger partial charge on any atom is 0.221 e. The van der Waals surface area contributed by atoms with Gasteiger partial charge in [-0.05, 0) is 12.1 Å². The second-order valence-electron chi connectivity index (χ2n) is 3.20. The first-order valence-corrected chi connectivity index (χ1v) is 4.95. The van der Waals surface area contributed by atoms with Crippen LogP contribution in [-0.2, 0) is 4.79 Å². The number of halogens is 1. The van der Waals surface area contributed by atoms with Crippen LogP contribution in [0.5, 0.6) is 5.75 Å². The zero-order valence-electron chi connectivity index (χ0n) is 9.34. The fourth-order valence-electron chi connectivity index (χ4n) is 1.20. The molecule has 2 N–H and O–H groups in total. The Morgan fingerprint density at radius 1 is 1.50 bits per heavy atom. The maximum atomic E-state index is 13.3. The van der Waals surface area contributed by atoms with Crippen LogP contribution >= 0.6 is 0 Å². The number of anilines is 1. The van der Waals surface area contributed by atoms with Crippen LogP contribution in [-0.4, -0.2) is 26.6 Å². The first-order valence-electron chi connectivity index (χ1n) is 4.95. The summed E-state index contributed by atoms with van der Waals surface area (Å²) in [6.07, 6.45) is 0.299. The molecule has 1 aromatic rings. The van der Waals surface area contributed by atoms with Crippen LogP contribution < -0.4 is 15.4 Å². The maximum absolute atomic E-state index is 13.3. The van der Waals surface area contributed by atoms with Crippen molar-refractivity contribution in [2.24, 2.45) is 0 Å². The van der Waals surface area contributed by atoms with Crippen LogP contribution in [0, 0.1) is 5.82 Å². The topological polar surface area (TPSA) is 50.4 Å². The minimum atomic E-state index is -0.363. The third kappa shape index (κ3) is 3.42. The number of carbonyl (C=O) groups is 1. The highest BCUT2D eigenvalue weighted by Gasteiger charge is 2.04. The summed E-state index contributed by atoms with van der Waals surface area (Å²) in [6.45, 7) is 0.379. The molecule has 16 heavy (non-hydrogen) atoms. The first kappa shape index (κ1) is 12.3. The van der Waals surface area contributed by atoms with E-state index in [9.17, 15) is 9.18 Å². The van der Waals surface area contributed by atoms with E-state index in [1.54, 1.807) is 19.2 Å². The molecule has 0 aromatic heterocycles. The largest absolute Gasteiger partial charge is 0.497 e. The number of methoxy groups -OCH3 is 1. The lowest BCUT2D eigenvalue weighted by Gasteiger charge is -2.08. The van der Waals surface area contributed by atoms with Crippen molar-refractivity contribution in [3.8, 4) is 5.75 Å². The third-order valence-corrected chi connectivity index (χ3v) is 2.12. The number of nitrogens with one attached hydrogen (secondary N) is 2. The van der Waals surface area contributed by atoms with E-state index in [0.717, 1.165) is 0 Å². The van der Waals surface area contributed by atoms with Crippen molar-refractivity contribution in [1.82, 2.24) is 5.32 Å². The van der Waals surface area contributed by atoms with Gasteiger partial charge in [0.1, 0.15) is 11.6 Å². The number of rotatable bonds is 5. The van der Waals surface area contributed by atoms with Crippen molar-refractivity contribution in [2.75, 3.05) is 26.0 Å². The highest BCUT2D eigenvalue weighted by atomic mass is 19.1. The quantitative estimate of drug-likeness (QED) is 0.797. The molecular formula is C11H15FN2O2. The van der Waals surface area contributed by atoms with Gasteiger partial charge in [0, 0.05) is 26.1 Å². The van der Waals surface area contributed by atoms with Gasteiger partial charge in [0.2, 0.25) is 5.91 Å². The molecule has 0 fully saturated rings. The summed E-state index contributed by atoms with van der Waals surface area (Å²) < 4.78 is 18.3. The van der Waals surface area contributed by atoms with Gasteiger partial charge in [-0.2, -0.15) is 0 Å². The number of amides is 1. The van der Waals surface area contributed by atoms with Gasteiger partial charge >= 0.3 is 0 Å². The van der Waals surface area contributed by atoms with Gasteiger partial charge in [-0.1, -0.05) is 0 Å². The molecule has 0 saturated carbocycles. The zero-order valence-corrected chi connectivity index (χ0v) is 9.34. The van der Waals surface area contributed by atoms with Gasteiger partial charge in [0.15, 0.2) is 0 Å². The highest BCUT2D eigenvalue weighted by molar-refractivity contribution is 5.76. The Hall–Kier alpha value is -1.78. The van der Waals surface area contributed by atoms with Crippen molar-refractivity contribution in [3.05, 3.63) is 24.0 Å². The summed E-state index contributed by atoms with van der Waals surface area (Å²) in [5.74, 6) is 0.123. The van der Waals surface area contributed by atoms with E-state index in [1.807, 2.05) is 0 Å². The molecule has 0 aliphatic heterocycles. The van der Waals surface area contributed by atoms with Gasteiger partial charge in [-0.3, -0.25) is 4.79 Å². The van der Waals surface area contributed by atoms with Crippen LogP contribution in [0.3, 0.4) is 0 Å². The fraction of sp³-hybridized carbons (Fsp3) is 0.364. The van der Waals surface area contributed by atoms with Crippen LogP contribution in [0.4, 0.5) is 10.1 Å². The molecular weight excluding hydrogens is 211 g/mol. The molecule has 0 heterocycles. The minimum absolute atomic E-state index is 0.0872. The number of hydrogen-bond acceptors (Lipinski definition) is 3. The Kier molecular flexibility index (Phi) is 4.57. The third-order valence-electron chi connectivity index (χ3n) is 2.12. The van der Waals surface area contributed by atoms with Crippen molar-refractivity contribution >= 4 is 11.6 Å². The Bertz CT molecular complexity index is 369. The molecule has 0 radical (unpaired) electrons. The zero-order chi connectivity index (χ0) is 12.0. The van der Waals surface area contributed by atoms with E-state index in [2.05, 4.69) is 10.6 Å². The standard InChI is InChI=1S/C11H15FN2O2/c1-13-11(15)5-6-14-10-7-8(16-2)3-4-9(10)12/h3-4,7,14H,5-6H2,1-2H3,(H,13,15). The van der Waals surface area contributed by atoms with Crippen molar-refractivity contribution in [1.29, 1.82) is 0 Å². The van der Waals surface area contributed by atoms with Gasteiger partial charge < -0.3 is 15.4 Å². The number of hydrogen-bond donors (Lipinski definition) is 2. The first-order chi connectivity index (χ1) is 7.67. The Labute approximate surface area is 93.8 Å². The Morgan fingerprint density at radius 3 is 2.88 bits per heavy atom. The predicted octanol–water partition coefficient (Wildman–Crippen LogP) is 1.38. The molecule has 5 heteroatoms. The highest BCUT2D eigenvalue weighted by Crippen LogP contribution is 2.20. The van der Waals surface area contributed by atoms with E-state index in [0.29, 0.717) is 24.4 Å². The van der Waals surface area contributed by atoms with Crippen molar-refractivity contribution in [2.45, 2.75) is 6.42 Å². The van der Waals surface area contributed by atoms with E-state index in [4.69, 9.17) is 4.74 Å². The van der Waals surface area contributed by atoms with Gasteiger partial charge in [-0.15, -0.1) is 0 Å². The molecule has 0 atom stereocenters. The van der Waals surface area contributed by atoms with Crippen LogP contribution in [0.25, 0.3) is 0 Å². The molecule has 88 valence electrons. The number of ether oxygens (including phenoxy) is 1. The van der Waals surface area contributed by atoms with E-state index in [-0.39, 0.29) is 11.7 Å². The summed E-state index contributed by atoms with van der Waals surface area (Å²) >= 11 is 0. The molecule has 4 nitrogen and oxygen atoms in total. The second-order valence-corrected chi connectivity index (χ2v) is 3.20. The minimum Gasteiger partial charge on any atom is -0.497 e. The van der Waals surface area contributed by atoms with Crippen LogP contribution in [0.2, 0.25) is 0 Å². The molecule has 0 bridgehead atoms. The molecule has 0 unspecified atom stereocenters. The summed E-state index contributed by atoms with van der Waals surface area (Å²) in [5, 5.41) is 5.33. The summed E-state index contributed by atoms with van der Waals surface area (Å²) in [4.78, 5) is 10.9. The fourth-order valence-corrected chi connectivity index (χ4v) is 1.20. The predicted molar refractivity (Wildman–Crippen MR) is 60.1 cm³/mol. The average Bonchev–Trinajstić information content (AvgIpc) is 2.31. The van der Waals surface area contributed by atoms with E-state index in [1.165, 1.54) is 13.2 Å². The smallest absolute Gasteiger partial charge is 0.221 e.